The predicted molar refractivity (Wildman–Crippen MR) is 109 cm³/mol. The van der Waals surface area contributed by atoms with Crippen molar-refractivity contribution in [1.29, 1.82) is 0 Å². The van der Waals surface area contributed by atoms with Crippen molar-refractivity contribution in [2.24, 2.45) is 5.92 Å². The first-order chi connectivity index (χ1) is 13.8. The van der Waals surface area contributed by atoms with Gasteiger partial charge in [0.1, 0.15) is 0 Å². The fraction of sp³-hybridized carbons (Fsp3) is 0.682. The van der Waals surface area contributed by atoms with Crippen molar-refractivity contribution in [3.05, 3.63) is 23.8 Å². The minimum atomic E-state index is 0.106. The Hall–Kier alpha value is -1.79. The van der Waals surface area contributed by atoms with Crippen LogP contribution in [0, 0.1) is 5.92 Å². The Morgan fingerprint density at radius 3 is 2.82 bits per heavy atom. The molecular formula is C22H34N2O4. The van der Waals surface area contributed by atoms with Gasteiger partial charge in [0.15, 0.2) is 11.5 Å². The van der Waals surface area contributed by atoms with E-state index in [2.05, 4.69) is 16.3 Å². The molecule has 1 aromatic carbocycles. The van der Waals surface area contributed by atoms with Gasteiger partial charge in [0, 0.05) is 38.4 Å². The van der Waals surface area contributed by atoms with Gasteiger partial charge < -0.3 is 19.5 Å². The Kier molecular flexibility index (Phi) is 8.42. The molecule has 6 nitrogen and oxygen atoms in total. The molecule has 1 aromatic rings. The van der Waals surface area contributed by atoms with Gasteiger partial charge in [-0.2, -0.15) is 0 Å². The zero-order chi connectivity index (χ0) is 19.6. The normalized spacial score (nSPS) is 20.7. The maximum atomic E-state index is 12.5. The summed E-state index contributed by atoms with van der Waals surface area (Å²) in [6.07, 6.45) is 5.11. The van der Waals surface area contributed by atoms with Gasteiger partial charge in [-0.15, -0.1) is 0 Å². The lowest BCUT2D eigenvalue weighted by Gasteiger charge is -2.30. The first kappa shape index (κ1) is 20.9. The summed E-state index contributed by atoms with van der Waals surface area (Å²) in [5.74, 6) is 2.30. The molecule has 0 aromatic heterocycles. The minimum Gasteiger partial charge on any atom is -0.490 e. The second kappa shape index (κ2) is 11.3. The molecule has 0 radical (unpaired) electrons. The Labute approximate surface area is 168 Å². The standard InChI is InChI=1S/C22H34N2O4/c1-2-27-20-8-6-7-19-16-24(15-18-9-13-26-14-10-18)17-21(25)23-11-4-3-5-12-28-22(19)20/h6-8,18H,2-5,9-17H2,1H3,(H,23,25). The molecule has 156 valence electrons. The molecule has 0 unspecified atom stereocenters. The average Bonchev–Trinajstić information content (AvgIpc) is 2.70. The van der Waals surface area contributed by atoms with Crippen LogP contribution in [0.4, 0.5) is 0 Å². The highest BCUT2D eigenvalue weighted by Gasteiger charge is 2.22. The van der Waals surface area contributed by atoms with Gasteiger partial charge in [0.05, 0.1) is 19.8 Å². The molecule has 0 atom stereocenters. The summed E-state index contributed by atoms with van der Waals surface area (Å²) in [5.41, 5.74) is 1.09. The van der Waals surface area contributed by atoms with Crippen LogP contribution >= 0.6 is 0 Å². The van der Waals surface area contributed by atoms with Crippen molar-refractivity contribution in [3.63, 3.8) is 0 Å². The van der Waals surface area contributed by atoms with Crippen molar-refractivity contribution < 1.29 is 19.0 Å². The number of amides is 1. The van der Waals surface area contributed by atoms with Gasteiger partial charge in [-0.1, -0.05) is 12.1 Å². The van der Waals surface area contributed by atoms with E-state index in [9.17, 15) is 4.79 Å². The number of para-hydroxylation sites is 1. The summed E-state index contributed by atoms with van der Waals surface area (Å²) in [6, 6.07) is 6.07. The summed E-state index contributed by atoms with van der Waals surface area (Å²) in [7, 11) is 0. The van der Waals surface area contributed by atoms with Gasteiger partial charge in [-0.3, -0.25) is 9.69 Å². The summed E-state index contributed by atoms with van der Waals surface area (Å²) in [6.45, 7) is 7.63. The molecular weight excluding hydrogens is 356 g/mol. The van der Waals surface area contributed by atoms with Crippen LogP contribution in [0.1, 0.15) is 44.6 Å². The third-order valence-electron chi connectivity index (χ3n) is 5.37. The Balaban J connectivity index is 1.81. The Morgan fingerprint density at radius 1 is 1.14 bits per heavy atom. The summed E-state index contributed by atoms with van der Waals surface area (Å²) >= 11 is 0. The molecule has 3 rings (SSSR count). The molecule has 0 bridgehead atoms. The van der Waals surface area contributed by atoms with E-state index in [-0.39, 0.29) is 5.91 Å². The van der Waals surface area contributed by atoms with Gasteiger partial charge >= 0.3 is 0 Å². The number of hydrogen-bond acceptors (Lipinski definition) is 5. The molecule has 0 spiro atoms. The highest BCUT2D eigenvalue weighted by molar-refractivity contribution is 5.78. The van der Waals surface area contributed by atoms with Crippen LogP contribution in [-0.2, 0) is 16.1 Å². The van der Waals surface area contributed by atoms with E-state index in [0.29, 0.717) is 32.2 Å². The van der Waals surface area contributed by atoms with Crippen molar-refractivity contribution in [2.45, 2.75) is 45.6 Å². The summed E-state index contributed by atoms with van der Waals surface area (Å²) < 4.78 is 17.5. The van der Waals surface area contributed by atoms with Crippen molar-refractivity contribution in [1.82, 2.24) is 10.2 Å². The van der Waals surface area contributed by atoms with Crippen molar-refractivity contribution in [2.75, 3.05) is 46.1 Å². The van der Waals surface area contributed by atoms with Crippen LogP contribution in [0.2, 0.25) is 0 Å². The van der Waals surface area contributed by atoms with Crippen LogP contribution in [0.25, 0.3) is 0 Å². The van der Waals surface area contributed by atoms with Gasteiger partial charge in [-0.05, 0) is 51.0 Å². The molecule has 6 heteroatoms. The topological polar surface area (TPSA) is 60.0 Å². The van der Waals surface area contributed by atoms with Crippen molar-refractivity contribution >= 4 is 5.91 Å². The van der Waals surface area contributed by atoms with Crippen LogP contribution in [0.3, 0.4) is 0 Å². The lowest BCUT2D eigenvalue weighted by molar-refractivity contribution is -0.122. The fourth-order valence-corrected chi connectivity index (χ4v) is 3.90. The molecule has 28 heavy (non-hydrogen) atoms. The first-order valence-corrected chi connectivity index (χ1v) is 10.7. The molecule has 0 aliphatic carbocycles. The summed E-state index contributed by atoms with van der Waals surface area (Å²) in [4.78, 5) is 14.7. The number of hydrogen-bond donors (Lipinski definition) is 1. The molecule has 1 amide bonds. The third kappa shape index (κ3) is 6.38. The number of carbonyl (C=O) groups excluding carboxylic acids is 1. The lowest BCUT2D eigenvalue weighted by Crippen LogP contribution is -2.40. The number of fused-ring (bicyclic) bond motifs is 1. The van der Waals surface area contributed by atoms with E-state index in [0.717, 1.165) is 75.5 Å². The van der Waals surface area contributed by atoms with Crippen molar-refractivity contribution in [3.8, 4) is 11.5 Å². The molecule has 1 saturated heterocycles. The van der Waals surface area contributed by atoms with Crippen LogP contribution in [0.15, 0.2) is 18.2 Å². The van der Waals surface area contributed by atoms with Gasteiger partial charge in [0.2, 0.25) is 5.91 Å². The lowest BCUT2D eigenvalue weighted by atomic mass is 9.99. The molecule has 1 fully saturated rings. The van der Waals surface area contributed by atoms with Crippen LogP contribution < -0.4 is 14.8 Å². The Morgan fingerprint density at radius 2 is 2.00 bits per heavy atom. The zero-order valence-electron chi connectivity index (χ0n) is 17.1. The number of nitrogens with one attached hydrogen (secondary N) is 1. The quantitative estimate of drug-likeness (QED) is 0.856. The maximum absolute atomic E-state index is 12.5. The highest BCUT2D eigenvalue weighted by Crippen LogP contribution is 2.33. The summed E-state index contributed by atoms with van der Waals surface area (Å²) in [5, 5.41) is 3.07. The number of ether oxygens (including phenoxy) is 3. The average molecular weight is 391 g/mol. The molecule has 2 aliphatic rings. The highest BCUT2D eigenvalue weighted by atomic mass is 16.5. The number of nitrogens with zero attached hydrogens (tertiary/aromatic N) is 1. The van der Waals surface area contributed by atoms with Gasteiger partial charge in [-0.25, -0.2) is 0 Å². The van der Waals surface area contributed by atoms with Gasteiger partial charge in [0.25, 0.3) is 0 Å². The SMILES string of the molecule is CCOc1cccc2c1OCCCCCNC(=O)CN(CC1CCOCC1)C2. The fourth-order valence-electron chi connectivity index (χ4n) is 3.90. The van der Waals surface area contributed by atoms with E-state index in [1.165, 1.54) is 0 Å². The van der Waals surface area contributed by atoms with E-state index >= 15 is 0 Å². The number of carbonyl (C=O) groups is 1. The largest absolute Gasteiger partial charge is 0.490 e. The number of rotatable bonds is 4. The predicted octanol–water partition coefficient (Wildman–Crippen LogP) is 2.99. The maximum Gasteiger partial charge on any atom is 0.234 e. The monoisotopic (exact) mass is 390 g/mol. The molecule has 0 saturated carbocycles. The third-order valence-corrected chi connectivity index (χ3v) is 5.37. The van der Waals surface area contributed by atoms with Crippen LogP contribution in [-0.4, -0.2) is 56.9 Å². The van der Waals surface area contributed by atoms with E-state index in [1.54, 1.807) is 0 Å². The van der Waals surface area contributed by atoms with E-state index in [1.807, 2.05) is 19.1 Å². The second-order valence-electron chi connectivity index (χ2n) is 7.66. The molecule has 2 aliphatic heterocycles. The minimum absolute atomic E-state index is 0.106. The Bertz CT molecular complexity index is 617. The first-order valence-electron chi connectivity index (χ1n) is 10.7. The molecule has 1 N–H and O–H groups in total. The molecule has 2 heterocycles. The smallest absolute Gasteiger partial charge is 0.234 e. The second-order valence-corrected chi connectivity index (χ2v) is 7.66. The zero-order valence-corrected chi connectivity index (χ0v) is 17.1. The van der Waals surface area contributed by atoms with E-state index < -0.39 is 0 Å². The van der Waals surface area contributed by atoms with Crippen LogP contribution in [0.5, 0.6) is 11.5 Å². The number of benzene rings is 1. The van der Waals surface area contributed by atoms with E-state index in [4.69, 9.17) is 14.2 Å².